The molecule has 3 aromatic carbocycles. The van der Waals surface area contributed by atoms with E-state index in [2.05, 4.69) is 60.7 Å². The van der Waals surface area contributed by atoms with Crippen LogP contribution in [0.5, 0.6) is 5.75 Å². The largest absolute Gasteiger partial charge is 0.522 e. The van der Waals surface area contributed by atoms with Crippen molar-refractivity contribution in [3.05, 3.63) is 84.4 Å². The third-order valence-electron chi connectivity index (χ3n) is 3.82. The Morgan fingerprint density at radius 1 is 0.867 bits per heavy atom. The van der Waals surface area contributed by atoms with E-state index in [1.54, 1.807) is 7.11 Å². The Kier molecular flexibility index (Phi) is 8.33. The monoisotopic (exact) mass is 456 g/mol. The molecule has 0 unspecified atom stereocenters. The van der Waals surface area contributed by atoms with Gasteiger partial charge in [0, 0.05) is 10.6 Å². The Labute approximate surface area is 177 Å². The second kappa shape index (κ2) is 10.5. The van der Waals surface area contributed by atoms with Crippen molar-refractivity contribution in [1.29, 1.82) is 0 Å². The Morgan fingerprint density at radius 3 is 1.83 bits per heavy atom. The van der Waals surface area contributed by atoms with Crippen LogP contribution in [0.1, 0.15) is 5.56 Å². The number of ether oxygens (including phenoxy) is 1. The molecule has 0 atom stereocenters. The molecule has 0 heterocycles. The summed E-state index contributed by atoms with van der Waals surface area (Å²) in [5.74, 6) is 1.87. The quantitative estimate of drug-likeness (QED) is 0.288. The number of thioether (sulfide) groups is 1. The summed E-state index contributed by atoms with van der Waals surface area (Å²) in [6.45, 7) is 0. The molecule has 1 N–H and O–H groups in total. The summed E-state index contributed by atoms with van der Waals surface area (Å²) in [6, 6.07) is 27.5. The maximum Gasteiger partial charge on any atom is 0.522 e. The molecule has 0 radical (unpaired) electrons. The van der Waals surface area contributed by atoms with Crippen molar-refractivity contribution in [2.45, 2.75) is 16.2 Å². The molecule has 0 aliphatic rings. The Bertz CT molecular complexity index is 1020. The van der Waals surface area contributed by atoms with E-state index >= 15 is 0 Å². The van der Waals surface area contributed by atoms with E-state index < -0.39 is 15.6 Å². The first-order chi connectivity index (χ1) is 14.1. The van der Waals surface area contributed by atoms with Crippen LogP contribution in [0.15, 0.2) is 83.8 Å². The number of rotatable bonds is 5. The molecule has 3 aromatic rings. The summed E-state index contributed by atoms with van der Waals surface area (Å²) in [5.41, 5.74) is -1.71. The van der Waals surface area contributed by atoms with Crippen LogP contribution in [0.3, 0.4) is 0 Å². The van der Waals surface area contributed by atoms with Crippen LogP contribution in [0.2, 0.25) is 0 Å². The van der Waals surface area contributed by atoms with Crippen molar-refractivity contribution in [3.8, 4) is 16.9 Å². The number of hydrogen-bond acceptors (Lipinski definition) is 4. The number of halogens is 3. The van der Waals surface area contributed by atoms with E-state index in [-0.39, 0.29) is 0 Å². The van der Waals surface area contributed by atoms with E-state index in [1.807, 2.05) is 30.0 Å². The van der Waals surface area contributed by atoms with Crippen molar-refractivity contribution >= 4 is 21.9 Å². The normalized spacial score (nSPS) is 11.4. The molecule has 0 saturated heterocycles. The van der Waals surface area contributed by atoms with Gasteiger partial charge in [-0.3, -0.25) is 4.55 Å². The summed E-state index contributed by atoms with van der Waals surface area (Å²) in [7, 11) is -4.15. The molecule has 30 heavy (non-hydrogen) atoms. The summed E-state index contributed by atoms with van der Waals surface area (Å²) in [5, 5.41) is 0. The predicted molar refractivity (Wildman–Crippen MR) is 112 cm³/mol. The Hall–Kier alpha value is -2.49. The highest BCUT2D eigenvalue weighted by Gasteiger charge is 2.44. The zero-order valence-electron chi connectivity index (χ0n) is 15.8. The third kappa shape index (κ3) is 7.40. The Morgan fingerprint density at radius 2 is 1.37 bits per heavy atom. The molecule has 0 amide bonds. The molecule has 9 heteroatoms. The molecular weight excluding hydrogens is 437 g/mol. The molecule has 4 nitrogen and oxygen atoms in total. The van der Waals surface area contributed by atoms with Gasteiger partial charge in [0.15, 0.2) is 0 Å². The summed E-state index contributed by atoms with van der Waals surface area (Å²) in [4.78, 5) is 1.29. The molecule has 0 aliphatic carbocycles. The zero-order chi connectivity index (χ0) is 22.2. The summed E-state index contributed by atoms with van der Waals surface area (Å²) >= 11 is 1.85. The van der Waals surface area contributed by atoms with Gasteiger partial charge in [-0.05, 0) is 41.0 Å². The number of benzene rings is 3. The fraction of sp³-hybridized carbons (Fsp3) is 0.143. The van der Waals surface area contributed by atoms with Gasteiger partial charge in [0.05, 0.1) is 7.11 Å². The topological polar surface area (TPSA) is 63.6 Å². The molecule has 0 aromatic heterocycles. The summed E-state index contributed by atoms with van der Waals surface area (Å²) in [6.07, 6.45) is 0. The molecule has 160 valence electrons. The fourth-order valence-electron chi connectivity index (χ4n) is 2.26. The molecule has 0 fully saturated rings. The van der Waals surface area contributed by atoms with Crippen molar-refractivity contribution in [1.82, 2.24) is 0 Å². The van der Waals surface area contributed by atoms with Gasteiger partial charge >= 0.3 is 15.6 Å². The van der Waals surface area contributed by atoms with Gasteiger partial charge in [-0.1, -0.05) is 54.6 Å². The van der Waals surface area contributed by atoms with E-state index in [4.69, 9.17) is 17.7 Å². The van der Waals surface area contributed by atoms with Crippen molar-refractivity contribution in [3.63, 3.8) is 0 Å². The first-order valence-corrected chi connectivity index (χ1v) is 11.0. The second-order valence-corrected chi connectivity index (χ2v) is 8.41. The lowest BCUT2D eigenvalue weighted by atomic mass is 10.1. The zero-order valence-corrected chi connectivity index (χ0v) is 17.5. The first-order valence-electron chi connectivity index (χ1n) is 8.55. The van der Waals surface area contributed by atoms with Gasteiger partial charge in [-0.15, -0.1) is 11.8 Å². The van der Waals surface area contributed by atoms with Gasteiger partial charge in [-0.2, -0.15) is 21.6 Å². The number of alkyl halides is 3. The van der Waals surface area contributed by atoms with Crippen LogP contribution in [0, 0.1) is 0 Å². The Balaban J connectivity index is 0.000000343. The van der Waals surface area contributed by atoms with Gasteiger partial charge in [0.2, 0.25) is 0 Å². The standard InChI is InChI=1S/C20H18OS.CHF3O3S/c1-21-19-11-7-16(8-12-19)15-22-20-13-9-18(10-14-20)17-5-3-2-4-6-17;2-1(3,4)8(5,6)7/h2-14H,15H2,1H3;(H,5,6,7). The highest BCUT2D eigenvalue weighted by atomic mass is 32.2. The highest BCUT2D eigenvalue weighted by molar-refractivity contribution is 7.98. The predicted octanol–water partition coefficient (Wildman–Crippen LogP) is 6.05. The lowest BCUT2D eigenvalue weighted by molar-refractivity contribution is -0.0510. The molecule has 0 saturated carbocycles. The number of hydrogen-bond donors (Lipinski definition) is 1. The van der Waals surface area contributed by atoms with Crippen molar-refractivity contribution in [2.75, 3.05) is 7.11 Å². The third-order valence-corrected chi connectivity index (χ3v) is 5.49. The molecule has 0 bridgehead atoms. The van der Waals surface area contributed by atoms with E-state index in [1.165, 1.54) is 21.6 Å². The van der Waals surface area contributed by atoms with Crippen molar-refractivity contribution in [2.24, 2.45) is 0 Å². The summed E-state index contributed by atoms with van der Waals surface area (Å²) < 4.78 is 62.7. The maximum atomic E-state index is 10.7. The maximum absolute atomic E-state index is 10.7. The van der Waals surface area contributed by atoms with Crippen LogP contribution in [0.4, 0.5) is 13.2 Å². The van der Waals surface area contributed by atoms with Crippen LogP contribution in [0.25, 0.3) is 11.1 Å². The average molecular weight is 457 g/mol. The van der Waals surface area contributed by atoms with Crippen molar-refractivity contribution < 1.29 is 30.9 Å². The van der Waals surface area contributed by atoms with Gasteiger partial charge in [-0.25, -0.2) is 0 Å². The second-order valence-electron chi connectivity index (χ2n) is 5.95. The molecule has 0 spiro atoms. The minimum absolute atomic E-state index is 0.904. The van der Waals surface area contributed by atoms with Gasteiger partial charge in [0.25, 0.3) is 0 Å². The lowest BCUT2D eigenvalue weighted by Gasteiger charge is -2.06. The van der Waals surface area contributed by atoms with Crippen LogP contribution >= 0.6 is 11.8 Å². The van der Waals surface area contributed by atoms with Crippen LogP contribution in [-0.2, 0) is 15.9 Å². The molecule has 3 rings (SSSR count). The SMILES string of the molecule is COc1ccc(CSc2ccc(-c3ccccc3)cc2)cc1.O=S(=O)(O)C(F)(F)F. The molecule has 0 aliphatic heterocycles. The van der Waals surface area contributed by atoms with Gasteiger partial charge < -0.3 is 4.74 Å². The highest BCUT2D eigenvalue weighted by Crippen LogP contribution is 2.27. The minimum atomic E-state index is -5.84. The smallest absolute Gasteiger partial charge is 0.497 e. The first kappa shape index (κ1) is 23.8. The van der Waals surface area contributed by atoms with Gasteiger partial charge in [0.1, 0.15) is 5.75 Å². The van der Waals surface area contributed by atoms with E-state index in [0.717, 1.165) is 11.5 Å². The van der Waals surface area contributed by atoms with Crippen LogP contribution < -0.4 is 4.74 Å². The fourth-order valence-corrected chi connectivity index (χ4v) is 3.12. The number of methoxy groups -OCH3 is 1. The van der Waals surface area contributed by atoms with E-state index in [9.17, 15) is 13.2 Å². The molecular formula is C21H19F3O4S2. The average Bonchev–Trinajstić information content (AvgIpc) is 2.73. The lowest BCUT2D eigenvalue weighted by Crippen LogP contribution is -2.21. The van der Waals surface area contributed by atoms with Crippen LogP contribution in [-0.4, -0.2) is 25.6 Å². The van der Waals surface area contributed by atoms with E-state index in [0.29, 0.717) is 0 Å². The minimum Gasteiger partial charge on any atom is -0.497 e.